The average Bonchev–Trinajstić information content (AvgIpc) is 2.77. The number of nitrogens with zero attached hydrogens (tertiary/aromatic N) is 2. The van der Waals surface area contributed by atoms with Gasteiger partial charge in [0.15, 0.2) is 11.6 Å². The van der Waals surface area contributed by atoms with Gasteiger partial charge in [-0.3, -0.25) is 9.59 Å². The highest BCUT2D eigenvalue weighted by Gasteiger charge is 2.17. The summed E-state index contributed by atoms with van der Waals surface area (Å²) in [6.07, 6.45) is 1.00. The number of azo groups is 1. The second kappa shape index (κ2) is 9.63. The molecule has 6 nitrogen and oxygen atoms in total. The van der Waals surface area contributed by atoms with Crippen molar-refractivity contribution in [3.05, 3.63) is 95.6 Å². The molecule has 0 unspecified atom stereocenters. The molecule has 0 radical (unpaired) electrons. The summed E-state index contributed by atoms with van der Waals surface area (Å²) in [5, 5.41) is 28.3. The third-order valence-electron chi connectivity index (χ3n) is 4.70. The summed E-state index contributed by atoms with van der Waals surface area (Å²) >= 11 is 0. The van der Waals surface area contributed by atoms with Crippen molar-refractivity contribution in [2.24, 2.45) is 10.2 Å². The second-order valence-electron chi connectivity index (χ2n) is 7.12. The number of carbonyl (C=O) groups excluding carboxylic acids is 2. The minimum atomic E-state index is -0.386. The maximum Gasteiger partial charge on any atom is 0.196 e. The molecule has 0 saturated heterocycles. The van der Waals surface area contributed by atoms with Gasteiger partial charge in [0.2, 0.25) is 0 Å². The van der Waals surface area contributed by atoms with E-state index in [4.69, 9.17) is 0 Å². The number of hydrogen-bond donors (Lipinski definition) is 2. The van der Waals surface area contributed by atoms with Gasteiger partial charge < -0.3 is 10.2 Å². The monoisotopic (exact) mass is 414 g/mol. The molecule has 0 amide bonds. The molecular weight excluding hydrogens is 392 g/mol. The first-order chi connectivity index (χ1) is 14.8. The second-order valence-corrected chi connectivity index (χ2v) is 7.12. The van der Waals surface area contributed by atoms with Gasteiger partial charge in [-0.2, -0.15) is 5.11 Å². The van der Waals surface area contributed by atoms with Gasteiger partial charge in [-0.15, -0.1) is 5.11 Å². The van der Waals surface area contributed by atoms with Gasteiger partial charge in [0.1, 0.15) is 17.2 Å². The predicted molar refractivity (Wildman–Crippen MR) is 118 cm³/mol. The number of carbonyl (C=O) groups is 2. The average molecular weight is 414 g/mol. The van der Waals surface area contributed by atoms with Crippen LogP contribution in [0.2, 0.25) is 0 Å². The van der Waals surface area contributed by atoms with Gasteiger partial charge >= 0.3 is 0 Å². The number of Topliss-reactive ketones (excluding diaryl/α,β-unsaturated/α-hetero) is 1. The zero-order valence-electron chi connectivity index (χ0n) is 17.1. The van der Waals surface area contributed by atoms with Crippen LogP contribution in [-0.2, 0) is 11.2 Å². The Hall–Kier alpha value is -4.06. The molecular formula is C25H22N2O4. The number of ketones is 2. The van der Waals surface area contributed by atoms with Crippen molar-refractivity contribution in [1.82, 2.24) is 0 Å². The molecule has 3 aromatic rings. The van der Waals surface area contributed by atoms with Gasteiger partial charge in [-0.25, -0.2) is 0 Å². The normalized spacial score (nSPS) is 10.9. The molecule has 0 heterocycles. The zero-order valence-corrected chi connectivity index (χ0v) is 17.1. The van der Waals surface area contributed by atoms with E-state index < -0.39 is 0 Å². The van der Waals surface area contributed by atoms with Crippen LogP contribution >= 0.6 is 0 Å². The highest BCUT2D eigenvalue weighted by Crippen LogP contribution is 2.35. The lowest BCUT2D eigenvalue weighted by atomic mass is 10.0. The van der Waals surface area contributed by atoms with Crippen LogP contribution in [-0.4, -0.2) is 21.8 Å². The van der Waals surface area contributed by atoms with Crippen LogP contribution in [0.5, 0.6) is 11.5 Å². The third-order valence-corrected chi connectivity index (χ3v) is 4.70. The number of aromatic hydroxyl groups is 2. The number of rotatable bonds is 8. The van der Waals surface area contributed by atoms with Crippen LogP contribution in [0, 0.1) is 0 Å². The van der Waals surface area contributed by atoms with Crippen LogP contribution in [0.25, 0.3) is 0 Å². The van der Waals surface area contributed by atoms with E-state index in [-0.39, 0.29) is 34.3 Å². The predicted octanol–water partition coefficient (Wildman–Crippen LogP) is 5.82. The molecule has 0 bridgehead atoms. The van der Waals surface area contributed by atoms with Crippen LogP contribution in [0.4, 0.5) is 11.4 Å². The number of hydrogen-bond acceptors (Lipinski definition) is 6. The first kappa shape index (κ1) is 21.6. The molecule has 3 aromatic carbocycles. The highest BCUT2D eigenvalue weighted by atomic mass is 16.3. The van der Waals surface area contributed by atoms with Crippen molar-refractivity contribution in [3.63, 3.8) is 0 Å². The van der Waals surface area contributed by atoms with Crippen molar-refractivity contribution in [2.75, 3.05) is 0 Å². The molecule has 31 heavy (non-hydrogen) atoms. The fourth-order valence-corrected chi connectivity index (χ4v) is 2.88. The Kier molecular flexibility index (Phi) is 6.72. The van der Waals surface area contributed by atoms with Gasteiger partial charge in [0, 0.05) is 18.1 Å². The smallest absolute Gasteiger partial charge is 0.196 e. The minimum absolute atomic E-state index is 0.0236. The van der Waals surface area contributed by atoms with Crippen molar-refractivity contribution in [2.45, 2.75) is 19.8 Å². The quantitative estimate of drug-likeness (QED) is 0.275. The molecule has 0 atom stereocenters. The molecule has 3 rings (SSSR count). The molecule has 0 saturated carbocycles. The summed E-state index contributed by atoms with van der Waals surface area (Å²) in [5.74, 6) is -0.976. The number of phenolic OH excluding ortho intramolecular Hbond substituents is 2. The third kappa shape index (κ3) is 5.51. The van der Waals surface area contributed by atoms with Crippen molar-refractivity contribution < 1.29 is 19.8 Å². The topological polar surface area (TPSA) is 99.3 Å². The van der Waals surface area contributed by atoms with E-state index in [0.29, 0.717) is 29.7 Å². The van der Waals surface area contributed by atoms with Crippen molar-refractivity contribution >= 4 is 22.9 Å². The molecule has 0 fully saturated rings. The highest BCUT2D eigenvalue weighted by molar-refractivity contribution is 6.11. The first-order valence-corrected chi connectivity index (χ1v) is 9.70. The number of benzene rings is 3. The molecule has 6 heteroatoms. The van der Waals surface area contributed by atoms with E-state index in [1.54, 1.807) is 49.4 Å². The Morgan fingerprint density at radius 1 is 0.903 bits per heavy atom. The summed E-state index contributed by atoms with van der Waals surface area (Å²) < 4.78 is 0. The van der Waals surface area contributed by atoms with Gasteiger partial charge in [0.05, 0.1) is 11.3 Å². The van der Waals surface area contributed by atoms with E-state index in [1.165, 1.54) is 6.07 Å². The van der Waals surface area contributed by atoms with Crippen molar-refractivity contribution in [3.8, 4) is 11.5 Å². The lowest BCUT2D eigenvalue weighted by Crippen LogP contribution is -2.01. The van der Waals surface area contributed by atoms with Gasteiger partial charge in [-0.1, -0.05) is 49.0 Å². The lowest BCUT2D eigenvalue weighted by Gasteiger charge is -2.07. The lowest BCUT2D eigenvalue weighted by molar-refractivity contribution is -0.115. The summed E-state index contributed by atoms with van der Waals surface area (Å²) in [7, 11) is 0. The largest absolute Gasteiger partial charge is 0.507 e. The van der Waals surface area contributed by atoms with E-state index in [9.17, 15) is 19.8 Å². The molecule has 2 N–H and O–H groups in total. The molecule has 156 valence electrons. The zero-order chi connectivity index (χ0) is 22.4. The number of phenols is 2. The Labute approximate surface area is 180 Å². The van der Waals surface area contributed by atoms with E-state index >= 15 is 0 Å². The maximum atomic E-state index is 12.7. The molecule has 0 spiro atoms. The molecule has 0 aromatic heterocycles. The minimum Gasteiger partial charge on any atom is -0.507 e. The van der Waals surface area contributed by atoms with Gasteiger partial charge in [-0.05, 0) is 42.7 Å². The Morgan fingerprint density at radius 2 is 1.58 bits per heavy atom. The van der Waals surface area contributed by atoms with E-state index in [1.807, 2.05) is 12.1 Å². The van der Waals surface area contributed by atoms with E-state index in [0.717, 1.165) is 11.6 Å². The molecule has 0 aliphatic rings. The van der Waals surface area contributed by atoms with Crippen LogP contribution in [0.1, 0.15) is 34.8 Å². The van der Waals surface area contributed by atoms with Crippen molar-refractivity contribution in [1.29, 1.82) is 0 Å². The fourth-order valence-electron chi connectivity index (χ4n) is 2.88. The molecule has 0 aliphatic heterocycles. The summed E-state index contributed by atoms with van der Waals surface area (Å²) in [6.45, 7) is 5.34. The van der Waals surface area contributed by atoms with Gasteiger partial charge in [0.25, 0.3) is 0 Å². The number of aryl methyl sites for hydroxylation is 1. The Bertz CT molecular complexity index is 1150. The standard InChI is InChI=1S/C25H22N2O4/c1-16(2)22(28)13-10-17-8-11-19(12-9-17)26-27-21-14-20(23(29)15-24(21)30)25(31)18-6-4-3-5-7-18/h3-9,11-12,14-15,29-30H,1,10,13H2,2H3. The maximum absolute atomic E-state index is 12.7. The van der Waals surface area contributed by atoms with Crippen LogP contribution in [0.15, 0.2) is 89.1 Å². The summed E-state index contributed by atoms with van der Waals surface area (Å²) in [5.41, 5.74) is 2.56. The van der Waals surface area contributed by atoms with Crippen LogP contribution in [0.3, 0.4) is 0 Å². The van der Waals surface area contributed by atoms with E-state index in [2.05, 4.69) is 16.8 Å². The summed E-state index contributed by atoms with van der Waals surface area (Å²) in [4.78, 5) is 24.3. The molecule has 0 aliphatic carbocycles. The fraction of sp³-hybridized carbons (Fsp3) is 0.120. The Morgan fingerprint density at radius 3 is 2.23 bits per heavy atom. The number of allylic oxidation sites excluding steroid dienone is 1. The SMILES string of the molecule is C=C(C)C(=O)CCc1ccc(N=Nc2cc(C(=O)c3ccccc3)c(O)cc2O)cc1. The van der Waals surface area contributed by atoms with Crippen LogP contribution < -0.4 is 0 Å². The Balaban J connectivity index is 1.77. The summed E-state index contributed by atoms with van der Waals surface area (Å²) in [6, 6.07) is 18.1. The first-order valence-electron chi connectivity index (χ1n) is 9.70.